The number of aliphatic carboxylic acids is 1. The van der Waals surface area contributed by atoms with Gasteiger partial charge in [-0.15, -0.1) is 0 Å². The summed E-state index contributed by atoms with van der Waals surface area (Å²) in [7, 11) is 0. The van der Waals surface area contributed by atoms with E-state index in [2.05, 4.69) is 67.8 Å². The zero-order valence-electron chi connectivity index (χ0n) is 47.5. The summed E-state index contributed by atoms with van der Waals surface area (Å²) >= 11 is 1.45. The van der Waals surface area contributed by atoms with E-state index in [1.807, 2.05) is 6.26 Å². The molecule has 0 aromatic carbocycles. The highest BCUT2D eigenvalue weighted by molar-refractivity contribution is 7.98. The van der Waals surface area contributed by atoms with Gasteiger partial charge in [-0.3, -0.25) is 43.2 Å². The molecule has 2 aromatic rings. The Hall–Kier alpha value is -6.69. The quantitative estimate of drug-likeness (QED) is 0.0323. The lowest BCUT2D eigenvalue weighted by atomic mass is 9.93. The number of amides is 9. The lowest BCUT2D eigenvalue weighted by Crippen LogP contribution is -2.64. The fraction of sp³-hybridized carbons (Fsp3) is 0.686. The Morgan fingerprint density at radius 3 is 1.20 bits per heavy atom. The Labute approximate surface area is 470 Å². The van der Waals surface area contributed by atoms with Crippen molar-refractivity contribution in [2.75, 3.05) is 18.6 Å². The summed E-state index contributed by atoms with van der Waals surface area (Å²) in [4.78, 5) is 150. The zero-order chi connectivity index (χ0) is 60.6. The van der Waals surface area contributed by atoms with Gasteiger partial charge in [0.1, 0.15) is 54.4 Å². The molecule has 17 N–H and O–H groups in total. The molecular formula is C51H86N14O14S. The highest BCUT2D eigenvalue weighted by Crippen LogP contribution is 2.16. The standard InChI is InChI=1S/C51H86N14O14S/c1-12-25(6)37(47(74)62-38(26(7)13-2)48(75)65-41(29(10)68)50(77)58-34(18-31-20-54-23-56-31)44(71)63-39(51(78)79)27(8)14-3)61-46(73)36(24(4)5)60-43(70)33(17-30-19-53-22-55-30)57-49(76)40(28(9)67)64-45(72)35(21-66)59-42(69)32(52)15-16-80-11/h19-20,22-29,32-41,66-68H,12-18,21,52H2,1-11H3,(H,53,55)(H,54,56)(H,57,76)(H,58,77)(H,59,69)(H,60,70)(H,61,73)(H,62,74)(H,63,71)(H,64,72)(H,65,75)(H,78,79)/t25?,26?,27?,28?,29?,32?,33?,34?,35?,36?,37?,38?,39-,40?,41?/m1/s1. The maximum atomic E-state index is 14.4. The third-order valence-corrected chi connectivity index (χ3v) is 14.4. The van der Waals surface area contributed by atoms with Gasteiger partial charge in [0.15, 0.2) is 0 Å². The third-order valence-electron chi connectivity index (χ3n) is 13.7. The van der Waals surface area contributed by atoms with Crippen molar-refractivity contribution in [3.63, 3.8) is 0 Å². The second-order valence-electron chi connectivity index (χ2n) is 20.5. The number of carbonyl (C=O) groups is 10. The molecule has 2 heterocycles. The average molecular weight is 1150 g/mol. The molecule has 29 heteroatoms. The number of H-pyrrole nitrogens is 2. The lowest BCUT2D eigenvalue weighted by molar-refractivity contribution is -0.144. The monoisotopic (exact) mass is 1150 g/mol. The molecule has 15 atom stereocenters. The number of hydrogen-bond donors (Lipinski definition) is 16. The molecule has 2 rings (SSSR count). The molecule has 2 aromatic heterocycles. The molecule has 450 valence electrons. The number of nitrogens with two attached hydrogens (primary N) is 1. The van der Waals surface area contributed by atoms with E-state index in [1.54, 1.807) is 55.4 Å². The van der Waals surface area contributed by atoms with Crippen molar-refractivity contribution in [3.8, 4) is 0 Å². The van der Waals surface area contributed by atoms with Crippen molar-refractivity contribution in [2.24, 2.45) is 29.4 Å². The van der Waals surface area contributed by atoms with Crippen LogP contribution in [0.1, 0.15) is 106 Å². The van der Waals surface area contributed by atoms with Gasteiger partial charge < -0.3 is 84.0 Å². The SMILES string of the molecule is CCC(C)C(NC(=O)C(NC(=O)C(Cc1cnc[nH]1)NC(=O)C(NC(=O)C(CO)NC(=O)C(N)CCSC)C(C)O)C(C)C)C(=O)NC(C(=O)NC(C(=O)NC(Cc1cnc[nH]1)C(=O)N[C@@H](C(=O)O)C(C)CC)C(C)O)C(C)CC. The number of aromatic amines is 2. The third kappa shape index (κ3) is 21.8. The van der Waals surface area contributed by atoms with Crippen molar-refractivity contribution < 1.29 is 68.4 Å². The fourth-order valence-electron chi connectivity index (χ4n) is 7.95. The summed E-state index contributed by atoms with van der Waals surface area (Å²) in [5.41, 5.74) is 6.66. The van der Waals surface area contributed by atoms with Crippen LogP contribution in [0.3, 0.4) is 0 Å². The molecule has 0 aliphatic carbocycles. The van der Waals surface area contributed by atoms with Crippen molar-refractivity contribution in [3.05, 3.63) is 36.4 Å². The van der Waals surface area contributed by atoms with Gasteiger partial charge in [0.2, 0.25) is 53.2 Å². The lowest BCUT2D eigenvalue weighted by Gasteiger charge is -2.32. The first-order chi connectivity index (χ1) is 37.6. The number of nitrogens with zero attached hydrogens (tertiary/aromatic N) is 2. The van der Waals surface area contributed by atoms with Crippen LogP contribution in [0, 0.1) is 23.7 Å². The number of carboxylic acid groups (broad SMARTS) is 1. The van der Waals surface area contributed by atoms with Gasteiger partial charge in [0, 0.05) is 36.6 Å². The van der Waals surface area contributed by atoms with Crippen molar-refractivity contribution >= 4 is 70.9 Å². The number of aliphatic hydroxyl groups excluding tert-OH is 3. The second-order valence-corrected chi connectivity index (χ2v) is 21.4. The Morgan fingerprint density at radius 2 is 0.850 bits per heavy atom. The largest absolute Gasteiger partial charge is 0.480 e. The highest BCUT2D eigenvalue weighted by atomic mass is 32.2. The Bertz CT molecular complexity index is 2320. The molecule has 0 fully saturated rings. The first-order valence-electron chi connectivity index (χ1n) is 26.8. The Kier molecular flexibility index (Phi) is 29.9. The predicted octanol–water partition coefficient (Wildman–Crippen LogP) is -3.01. The van der Waals surface area contributed by atoms with E-state index < -0.39 is 162 Å². The number of imidazole rings is 2. The van der Waals surface area contributed by atoms with E-state index in [0.717, 1.165) is 0 Å². The van der Waals surface area contributed by atoms with Crippen LogP contribution >= 0.6 is 11.8 Å². The first-order valence-corrected chi connectivity index (χ1v) is 28.2. The smallest absolute Gasteiger partial charge is 0.326 e. The molecule has 0 radical (unpaired) electrons. The molecular weight excluding hydrogens is 1060 g/mol. The Balaban J connectivity index is 2.39. The molecule has 0 aliphatic heterocycles. The highest BCUT2D eigenvalue weighted by Gasteiger charge is 2.40. The second kappa shape index (κ2) is 34.5. The van der Waals surface area contributed by atoms with Crippen LogP contribution in [0.5, 0.6) is 0 Å². The van der Waals surface area contributed by atoms with Gasteiger partial charge in [-0.1, -0.05) is 74.7 Å². The molecule has 80 heavy (non-hydrogen) atoms. The van der Waals surface area contributed by atoms with E-state index in [4.69, 9.17) is 5.73 Å². The number of aromatic nitrogens is 4. The predicted molar refractivity (Wildman–Crippen MR) is 294 cm³/mol. The fourth-order valence-corrected chi connectivity index (χ4v) is 8.44. The van der Waals surface area contributed by atoms with Crippen LogP contribution in [-0.2, 0) is 60.8 Å². The van der Waals surface area contributed by atoms with Gasteiger partial charge in [-0.25, -0.2) is 14.8 Å². The number of hydrogen-bond acceptors (Lipinski definition) is 17. The summed E-state index contributed by atoms with van der Waals surface area (Å²) in [5, 5.41) is 64.0. The van der Waals surface area contributed by atoms with Crippen LogP contribution in [-0.4, -0.2) is 191 Å². The zero-order valence-corrected chi connectivity index (χ0v) is 48.3. The van der Waals surface area contributed by atoms with Gasteiger partial charge in [0.25, 0.3) is 0 Å². The van der Waals surface area contributed by atoms with Gasteiger partial charge in [0.05, 0.1) is 37.5 Å². The van der Waals surface area contributed by atoms with E-state index in [0.29, 0.717) is 36.4 Å². The summed E-state index contributed by atoms with van der Waals surface area (Å²) in [6.07, 6.45) is 5.02. The average Bonchev–Trinajstić information content (AvgIpc) is 4.15. The molecule has 14 unspecified atom stereocenters. The Morgan fingerprint density at radius 1 is 0.512 bits per heavy atom. The van der Waals surface area contributed by atoms with Crippen LogP contribution in [0.25, 0.3) is 0 Å². The van der Waals surface area contributed by atoms with Crippen LogP contribution in [0.15, 0.2) is 25.0 Å². The molecule has 9 amide bonds. The van der Waals surface area contributed by atoms with Crippen molar-refractivity contribution in [1.82, 2.24) is 67.8 Å². The van der Waals surface area contributed by atoms with Crippen LogP contribution in [0.4, 0.5) is 0 Å². The normalized spacial score (nSPS) is 17.1. The molecule has 0 aliphatic rings. The van der Waals surface area contributed by atoms with Crippen molar-refractivity contribution in [2.45, 2.75) is 180 Å². The number of rotatable bonds is 36. The number of carboxylic acids is 1. The topological polar surface area (TPSA) is 443 Å². The molecule has 0 spiro atoms. The maximum Gasteiger partial charge on any atom is 0.326 e. The van der Waals surface area contributed by atoms with Crippen LogP contribution in [0.2, 0.25) is 0 Å². The van der Waals surface area contributed by atoms with Crippen LogP contribution < -0.4 is 53.6 Å². The number of thioether (sulfide) groups is 1. The van der Waals surface area contributed by atoms with E-state index >= 15 is 0 Å². The van der Waals surface area contributed by atoms with E-state index in [1.165, 1.54) is 50.7 Å². The van der Waals surface area contributed by atoms with Crippen molar-refractivity contribution in [1.29, 1.82) is 0 Å². The van der Waals surface area contributed by atoms with E-state index in [9.17, 15) is 68.4 Å². The van der Waals surface area contributed by atoms with Gasteiger partial charge >= 0.3 is 5.97 Å². The molecule has 0 bridgehead atoms. The first kappa shape index (κ1) is 69.4. The maximum absolute atomic E-state index is 14.4. The van der Waals surface area contributed by atoms with Gasteiger partial charge in [-0.05, 0) is 55.9 Å². The minimum Gasteiger partial charge on any atom is -0.480 e. The minimum atomic E-state index is -1.73. The van der Waals surface area contributed by atoms with Gasteiger partial charge in [-0.2, -0.15) is 11.8 Å². The summed E-state index contributed by atoms with van der Waals surface area (Å²) < 4.78 is 0. The minimum absolute atomic E-state index is 0.180. The molecule has 28 nitrogen and oxygen atoms in total. The summed E-state index contributed by atoms with van der Waals surface area (Å²) in [5.74, 6) is -11.3. The number of aliphatic hydroxyl groups is 3. The molecule has 0 saturated heterocycles. The molecule has 0 saturated carbocycles. The van der Waals surface area contributed by atoms with E-state index in [-0.39, 0.29) is 19.3 Å². The summed E-state index contributed by atoms with van der Waals surface area (Å²) in [6, 6.07) is -14.3. The summed E-state index contributed by atoms with van der Waals surface area (Å²) in [6.45, 7) is 14.9. The number of carbonyl (C=O) groups excluding carboxylic acids is 9. The number of nitrogens with one attached hydrogen (secondary N) is 11.